The van der Waals surface area contributed by atoms with Crippen LogP contribution in [0.4, 0.5) is 0 Å². The molecule has 1 aromatic rings. The highest BCUT2D eigenvalue weighted by molar-refractivity contribution is 5.86. The number of esters is 1. The Morgan fingerprint density at radius 2 is 2.22 bits per heavy atom. The Labute approximate surface area is 108 Å². The van der Waals surface area contributed by atoms with Crippen molar-refractivity contribution in [3.63, 3.8) is 0 Å². The largest absolute Gasteiger partial charge is 0.465 e. The molecule has 0 radical (unpaired) electrons. The SMILES string of the molecule is CN(CCOC(=O)/C=C\c1ccco1)C(C)(C)C. The summed E-state index contributed by atoms with van der Waals surface area (Å²) in [6.07, 6.45) is 4.52. The second kappa shape index (κ2) is 6.40. The molecule has 1 rings (SSSR count). The van der Waals surface area contributed by atoms with E-state index < -0.39 is 0 Å². The van der Waals surface area contributed by atoms with Gasteiger partial charge in [-0.25, -0.2) is 4.79 Å². The molecule has 0 aliphatic carbocycles. The lowest BCUT2D eigenvalue weighted by molar-refractivity contribution is -0.138. The summed E-state index contributed by atoms with van der Waals surface area (Å²) in [5, 5.41) is 0. The first-order valence-corrected chi connectivity index (χ1v) is 5.99. The van der Waals surface area contributed by atoms with Crippen LogP contribution < -0.4 is 0 Å². The third kappa shape index (κ3) is 5.19. The van der Waals surface area contributed by atoms with E-state index in [0.29, 0.717) is 18.9 Å². The van der Waals surface area contributed by atoms with Gasteiger partial charge in [0.15, 0.2) is 0 Å². The standard InChI is InChI=1S/C14H21NO3/c1-14(2,3)15(4)9-11-18-13(16)8-7-12-6-5-10-17-12/h5-8,10H,9,11H2,1-4H3/b8-7-. The van der Waals surface area contributed by atoms with Crippen molar-refractivity contribution in [2.45, 2.75) is 26.3 Å². The molecule has 0 N–H and O–H groups in total. The molecule has 0 atom stereocenters. The van der Waals surface area contributed by atoms with Gasteiger partial charge in [0.1, 0.15) is 12.4 Å². The fourth-order valence-corrected chi connectivity index (χ4v) is 1.20. The van der Waals surface area contributed by atoms with Gasteiger partial charge in [0.2, 0.25) is 0 Å². The fraction of sp³-hybridized carbons (Fsp3) is 0.500. The molecular weight excluding hydrogens is 230 g/mol. The molecule has 0 aliphatic heterocycles. The molecule has 0 saturated carbocycles. The van der Waals surface area contributed by atoms with E-state index in [1.165, 1.54) is 6.08 Å². The molecule has 0 aliphatic rings. The molecule has 0 fully saturated rings. The molecule has 0 saturated heterocycles. The van der Waals surface area contributed by atoms with Crippen LogP contribution in [0.15, 0.2) is 28.9 Å². The Bertz CT molecular complexity index is 388. The zero-order valence-corrected chi connectivity index (χ0v) is 11.5. The van der Waals surface area contributed by atoms with E-state index >= 15 is 0 Å². The highest BCUT2D eigenvalue weighted by Crippen LogP contribution is 2.09. The zero-order chi connectivity index (χ0) is 13.6. The van der Waals surface area contributed by atoms with Gasteiger partial charge in [0, 0.05) is 18.2 Å². The average Bonchev–Trinajstić information content (AvgIpc) is 2.77. The first-order chi connectivity index (χ1) is 8.39. The van der Waals surface area contributed by atoms with E-state index in [2.05, 4.69) is 25.7 Å². The average molecular weight is 251 g/mol. The summed E-state index contributed by atoms with van der Waals surface area (Å²) in [4.78, 5) is 13.5. The van der Waals surface area contributed by atoms with Crippen molar-refractivity contribution < 1.29 is 13.9 Å². The first kappa shape index (κ1) is 14.5. The van der Waals surface area contributed by atoms with Crippen molar-refractivity contribution in [3.8, 4) is 0 Å². The van der Waals surface area contributed by atoms with E-state index in [1.54, 1.807) is 24.5 Å². The third-order valence-corrected chi connectivity index (χ3v) is 2.74. The lowest BCUT2D eigenvalue weighted by Crippen LogP contribution is -2.40. The van der Waals surface area contributed by atoms with Gasteiger partial charge in [-0.1, -0.05) is 0 Å². The Morgan fingerprint density at radius 1 is 1.50 bits per heavy atom. The van der Waals surface area contributed by atoms with Crippen LogP contribution in [0.1, 0.15) is 26.5 Å². The van der Waals surface area contributed by atoms with E-state index in [4.69, 9.17) is 9.15 Å². The number of hydrogen-bond acceptors (Lipinski definition) is 4. The van der Waals surface area contributed by atoms with Crippen molar-refractivity contribution in [1.29, 1.82) is 0 Å². The number of likely N-dealkylation sites (N-methyl/N-ethyl adjacent to an activating group) is 1. The number of hydrogen-bond donors (Lipinski definition) is 0. The summed E-state index contributed by atoms with van der Waals surface area (Å²) in [6.45, 7) is 7.45. The van der Waals surface area contributed by atoms with Crippen LogP contribution in [-0.2, 0) is 9.53 Å². The molecule has 0 amide bonds. The predicted octanol–water partition coefficient (Wildman–Crippen LogP) is 2.57. The predicted molar refractivity (Wildman–Crippen MR) is 71.1 cm³/mol. The van der Waals surface area contributed by atoms with E-state index in [-0.39, 0.29) is 11.5 Å². The minimum Gasteiger partial charge on any atom is -0.465 e. The monoisotopic (exact) mass is 251 g/mol. The van der Waals surface area contributed by atoms with E-state index in [0.717, 1.165) is 0 Å². The van der Waals surface area contributed by atoms with Gasteiger partial charge in [0.05, 0.1) is 6.26 Å². The molecule has 1 heterocycles. The minimum atomic E-state index is -0.353. The fourth-order valence-electron chi connectivity index (χ4n) is 1.20. The second-order valence-corrected chi connectivity index (χ2v) is 5.11. The Morgan fingerprint density at radius 3 is 2.78 bits per heavy atom. The van der Waals surface area contributed by atoms with Crippen molar-refractivity contribution >= 4 is 12.0 Å². The number of furan rings is 1. The number of ether oxygens (including phenoxy) is 1. The summed E-state index contributed by atoms with van der Waals surface area (Å²) in [5.74, 6) is 0.285. The van der Waals surface area contributed by atoms with Crippen LogP contribution in [0.2, 0.25) is 0 Å². The highest BCUT2D eigenvalue weighted by Gasteiger charge is 2.16. The van der Waals surface area contributed by atoms with Crippen molar-refractivity contribution in [2.24, 2.45) is 0 Å². The van der Waals surface area contributed by atoms with Crippen molar-refractivity contribution in [2.75, 3.05) is 20.2 Å². The Kier molecular flexibility index (Phi) is 5.16. The Hall–Kier alpha value is -1.55. The normalized spacial score (nSPS) is 12.3. The first-order valence-electron chi connectivity index (χ1n) is 5.99. The maximum Gasteiger partial charge on any atom is 0.330 e. The number of carbonyl (C=O) groups is 1. The highest BCUT2D eigenvalue weighted by atomic mass is 16.5. The van der Waals surface area contributed by atoms with Crippen molar-refractivity contribution in [1.82, 2.24) is 4.90 Å². The van der Waals surface area contributed by atoms with Gasteiger partial charge in [-0.15, -0.1) is 0 Å². The Balaban J connectivity index is 2.26. The van der Waals surface area contributed by atoms with E-state index in [9.17, 15) is 4.79 Å². The smallest absolute Gasteiger partial charge is 0.330 e. The summed E-state index contributed by atoms with van der Waals surface area (Å²) < 4.78 is 10.2. The van der Waals surface area contributed by atoms with Gasteiger partial charge >= 0.3 is 5.97 Å². The summed E-state index contributed by atoms with van der Waals surface area (Å²) in [7, 11) is 2.01. The van der Waals surface area contributed by atoms with Gasteiger partial charge in [-0.05, 0) is 46.0 Å². The number of nitrogens with zero attached hydrogens (tertiary/aromatic N) is 1. The van der Waals surface area contributed by atoms with Gasteiger partial charge in [0.25, 0.3) is 0 Å². The lowest BCUT2D eigenvalue weighted by Gasteiger charge is -2.31. The number of carbonyl (C=O) groups excluding carboxylic acids is 1. The molecule has 4 nitrogen and oxygen atoms in total. The zero-order valence-electron chi connectivity index (χ0n) is 11.5. The quantitative estimate of drug-likeness (QED) is 0.596. The maximum atomic E-state index is 11.4. The molecule has 100 valence electrons. The molecule has 0 aromatic carbocycles. The van der Waals surface area contributed by atoms with Gasteiger partial charge in [-0.3, -0.25) is 4.90 Å². The van der Waals surface area contributed by atoms with Crippen LogP contribution in [-0.4, -0.2) is 36.6 Å². The molecular formula is C14H21NO3. The second-order valence-electron chi connectivity index (χ2n) is 5.11. The minimum absolute atomic E-state index is 0.0798. The molecule has 18 heavy (non-hydrogen) atoms. The molecule has 0 bridgehead atoms. The van der Waals surface area contributed by atoms with Crippen LogP contribution in [0.25, 0.3) is 6.08 Å². The van der Waals surface area contributed by atoms with Crippen LogP contribution >= 0.6 is 0 Å². The maximum absolute atomic E-state index is 11.4. The third-order valence-electron chi connectivity index (χ3n) is 2.74. The number of rotatable bonds is 5. The van der Waals surface area contributed by atoms with Crippen LogP contribution in [0, 0.1) is 0 Å². The molecule has 1 aromatic heterocycles. The molecule has 4 heteroatoms. The lowest BCUT2D eigenvalue weighted by atomic mass is 10.1. The summed E-state index contributed by atoms with van der Waals surface area (Å²) in [6, 6.07) is 3.54. The summed E-state index contributed by atoms with van der Waals surface area (Å²) in [5.41, 5.74) is 0.0798. The summed E-state index contributed by atoms with van der Waals surface area (Å²) >= 11 is 0. The van der Waals surface area contributed by atoms with E-state index in [1.807, 2.05) is 7.05 Å². The molecule has 0 spiro atoms. The van der Waals surface area contributed by atoms with Crippen molar-refractivity contribution in [3.05, 3.63) is 30.2 Å². The van der Waals surface area contributed by atoms with Gasteiger partial charge in [-0.2, -0.15) is 0 Å². The van der Waals surface area contributed by atoms with Gasteiger partial charge < -0.3 is 9.15 Å². The van der Waals surface area contributed by atoms with Crippen LogP contribution in [0.5, 0.6) is 0 Å². The topological polar surface area (TPSA) is 42.7 Å². The molecule has 0 unspecified atom stereocenters. The van der Waals surface area contributed by atoms with Crippen LogP contribution in [0.3, 0.4) is 0 Å².